The number of benzene rings is 2. The molecule has 0 atom stereocenters. The first-order valence-corrected chi connectivity index (χ1v) is 8.45. The Morgan fingerprint density at radius 1 is 0.611 bits per heavy atom. The molecule has 0 unspecified atom stereocenters. The Morgan fingerprint density at radius 2 is 0.889 bits per heavy atom. The molecule has 0 aliphatic heterocycles. The summed E-state index contributed by atoms with van der Waals surface area (Å²) in [6.45, 7) is 0. The fourth-order valence-electron chi connectivity index (χ4n) is 1.14. The fourth-order valence-corrected chi connectivity index (χ4v) is 2.21. The Hall–Kier alpha value is -0.280. The molecule has 2 rings (SSSR count). The summed E-state index contributed by atoms with van der Waals surface area (Å²) in [6, 6.07) is 15.6. The van der Waals surface area contributed by atoms with E-state index in [0.717, 1.165) is 10.0 Å². The molecule has 0 aromatic heterocycles. The van der Waals surface area contributed by atoms with Crippen LogP contribution >= 0.6 is 46.7 Å². The van der Waals surface area contributed by atoms with Crippen molar-refractivity contribution in [1.29, 1.82) is 0 Å². The summed E-state index contributed by atoms with van der Waals surface area (Å²) in [5, 5.41) is 1.60. The van der Waals surface area contributed by atoms with Crippen molar-refractivity contribution in [3.8, 4) is 0 Å². The van der Waals surface area contributed by atoms with Crippen molar-refractivity contribution in [1.82, 2.24) is 0 Å². The van der Waals surface area contributed by atoms with Gasteiger partial charge in [0.1, 0.15) is 0 Å². The Bertz CT molecular complexity index is 407. The maximum atomic E-state index is 5.66. The third-order valence-corrected chi connectivity index (χ3v) is 4.09. The van der Waals surface area contributed by atoms with Gasteiger partial charge in [-0.2, -0.15) is 0 Å². The largest absolute Gasteiger partial charge is 0.130 e. The molecule has 0 bridgehead atoms. The highest BCUT2D eigenvalue weighted by Gasteiger charge is 1.87. The number of hydrogen-bond donors (Lipinski definition) is 0. The molecule has 0 nitrogen and oxygen atoms in total. The lowest BCUT2D eigenvalue weighted by atomic mass is 10.4. The molecule has 0 amide bonds. The fraction of sp³-hybridized carbons (Fsp3) is 0.143. The van der Waals surface area contributed by atoms with E-state index in [9.17, 15) is 0 Å². The van der Waals surface area contributed by atoms with Crippen molar-refractivity contribution in [2.75, 3.05) is 12.5 Å². The van der Waals surface area contributed by atoms with Crippen LogP contribution in [0.3, 0.4) is 0 Å². The highest BCUT2D eigenvalue weighted by molar-refractivity contribution is 7.98. The summed E-state index contributed by atoms with van der Waals surface area (Å²) in [5.74, 6) is 0. The summed E-state index contributed by atoms with van der Waals surface area (Å²) in [7, 11) is 0. The minimum Gasteiger partial charge on any atom is -0.130 e. The molecular formula is C14H14Cl2S2. The first-order chi connectivity index (χ1) is 8.65. The van der Waals surface area contributed by atoms with Crippen molar-refractivity contribution in [3.05, 3.63) is 58.6 Å². The molecule has 0 spiro atoms. The van der Waals surface area contributed by atoms with Crippen LogP contribution in [-0.4, -0.2) is 12.5 Å². The van der Waals surface area contributed by atoms with E-state index in [-0.39, 0.29) is 0 Å². The smallest absolute Gasteiger partial charge is 0.0406 e. The first kappa shape index (κ1) is 15.8. The van der Waals surface area contributed by atoms with Gasteiger partial charge in [-0.1, -0.05) is 23.2 Å². The van der Waals surface area contributed by atoms with Crippen molar-refractivity contribution in [2.45, 2.75) is 9.79 Å². The topological polar surface area (TPSA) is 0 Å². The average Bonchev–Trinajstić information content (AvgIpc) is 2.41. The molecule has 18 heavy (non-hydrogen) atoms. The standard InChI is InChI=1S/2C7H7ClS/c2*1-9-7-4-2-6(8)3-5-7/h2*2-5H,1H3. The second-order valence-corrected chi connectivity index (χ2v) is 5.95. The van der Waals surface area contributed by atoms with Crippen molar-refractivity contribution < 1.29 is 0 Å². The number of hydrogen-bond acceptors (Lipinski definition) is 2. The molecule has 0 heterocycles. The molecule has 0 saturated carbocycles. The molecule has 2 aromatic rings. The molecule has 96 valence electrons. The molecule has 2 aromatic carbocycles. The summed E-state index contributed by atoms with van der Waals surface area (Å²) in [5.41, 5.74) is 0. The third kappa shape index (κ3) is 6.05. The highest BCUT2D eigenvalue weighted by Crippen LogP contribution is 2.17. The minimum absolute atomic E-state index is 0.799. The predicted octanol–water partition coefficient (Wildman–Crippen LogP) is 6.12. The van der Waals surface area contributed by atoms with Crippen LogP contribution in [0.5, 0.6) is 0 Å². The monoisotopic (exact) mass is 316 g/mol. The van der Waals surface area contributed by atoms with Gasteiger partial charge in [0.2, 0.25) is 0 Å². The SMILES string of the molecule is CSc1ccc(Cl)cc1.CSc1ccc(Cl)cc1. The maximum Gasteiger partial charge on any atom is 0.0406 e. The van der Waals surface area contributed by atoms with Gasteiger partial charge in [-0.3, -0.25) is 0 Å². The van der Waals surface area contributed by atoms with Crippen LogP contribution < -0.4 is 0 Å². The lowest BCUT2D eigenvalue weighted by molar-refractivity contribution is 1.47. The van der Waals surface area contributed by atoms with E-state index >= 15 is 0 Å². The van der Waals surface area contributed by atoms with Crippen LogP contribution in [-0.2, 0) is 0 Å². The lowest BCUT2D eigenvalue weighted by Gasteiger charge is -1.92. The number of thioether (sulfide) groups is 2. The van der Waals surface area contributed by atoms with Crippen LogP contribution in [0.2, 0.25) is 10.0 Å². The van der Waals surface area contributed by atoms with Gasteiger partial charge in [0, 0.05) is 19.8 Å². The van der Waals surface area contributed by atoms with Crippen LogP contribution in [0.15, 0.2) is 58.3 Å². The number of halogens is 2. The molecule has 0 radical (unpaired) electrons. The summed E-state index contributed by atoms with van der Waals surface area (Å²) in [4.78, 5) is 2.50. The van der Waals surface area contributed by atoms with Gasteiger partial charge in [0.05, 0.1) is 0 Å². The summed E-state index contributed by atoms with van der Waals surface area (Å²) in [6.07, 6.45) is 4.09. The minimum atomic E-state index is 0.799. The van der Waals surface area contributed by atoms with Crippen LogP contribution in [0, 0.1) is 0 Å². The highest BCUT2D eigenvalue weighted by atomic mass is 35.5. The van der Waals surface area contributed by atoms with Gasteiger partial charge in [-0.05, 0) is 61.0 Å². The Balaban J connectivity index is 0.000000180. The Kier molecular flexibility index (Phi) is 7.68. The Morgan fingerprint density at radius 3 is 1.11 bits per heavy atom. The molecule has 0 aliphatic carbocycles. The van der Waals surface area contributed by atoms with E-state index in [1.54, 1.807) is 23.5 Å². The molecule has 0 fully saturated rings. The van der Waals surface area contributed by atoms with Gasteiger partial charge >= 0.3 is 0 Å². The van der Waals surface area contributed by atoms with E-state index in [0.29, 0.717) is 0 Å². The van der Waals surface area contributed by atoms with Crippen LogP contribution in [0.25, 0.3) is 0 Å². The molecular weight excluding hydrogens is 303 g/mol. The van der Waals surface area contributed by atoms with E-state index < -0.39 is 0 Å². The Labute approximate surface area is 127 Å². The van der Waals surface area contributed by atoms with E-state index in [1.807, 2.05) is 61.0 Å². The predicted molar refractivity (Wildman–Crippen MR) is 86.5 cm³/mol. The molecule has 0 N–H and O–H groups in total. The second kappa shape index (κ2) is 8.76. The number of rotatable bonds is 2. The quantitative estimate of drug-likeness (QED) is 0.612. The summed E-state index contributed by atoms with van der Waals surface area (Å²) >= 11 is 14.8. The van der Waals surface area contributed by atoms with Gasteiger partial charge in [-0.15, -0.1) is 23.5 Å². The summed E-state index contributed by atoms with van der Waals surface area (Å²) < 4.78 is 0. The lowest BCUT2D eigenvalue weighted by Crippen LogP contribution is -1.66. The van der Waals surface area contributed by atoms with Crippen molar-refractivity contribution >= 4 is 46.7 Å². The van der Waals surface area contributed by atoms with Crippen LogP contribution in [0.1, 0.15) is 0 Å². The molecule has 0 saturated heterocycles. The van der Waals surface area contributed by atoms with Gasteiger partial charge < -0.3 is 0 Å². The normalized spacial score (nSPS) is 9.56. The van der Waals surface area contributed by atoms with Crippen molar-refractivity contribution in [2.24, 2.45) is 0 Å². The van der Waals surface area contributed by atoms with Gasteiger partial charge in [0.25, 0.3) is 0 Å². The van der Waals surface area contributed by atoms with E-state index in [4.69, 9.17) is 23.2 Å². The molecule has 0 aliphatic rings. The first-order valence-electron chi connectivity index (χ1n) is 5.25. The third-order valence-electron chi connectivity index (χ3n) is 2.10. The maximum absolute atomic E-state index is 5.66. The zero-order valence-electron chi connectivity index (χ0n) is 10.2. The van der Waals surface area contributed by atoms with E-state index in [1.165, 1.54) is 9.79 Å². The van der Waals surface area contributed by atoms with Crippen LogP contribution in [0.4, 0.5) is 0 Å². The zero-order chi connectivity index (χ0) is 13.4. The van der Waals surface area contributed by atoms with Gasteiger partial charge in [0.15, 0.2) is 0 Å². The molecule has 4 heteroatoms. The van der Waals surface area contributed by atoms with E-state index in [2.05, 4.69) is 0 Å². The second-order valence-electron chi connectivity index (χ2n) is 3.32. The van der Waals surface area contributed by atoms with Crippen molar-refractivity contribution in [3.63, 3.8) is 0 Å². The van der Waals surface area contributed by atoms with Gasteiger partial charge in [-0.25, -0.2) is 0 Å². The zero-order valence-corrected chi connectivity index (χ0v) is 13.3. The average molecular weight is 317 g/mol.